The fourth-order valence-electron chi connectivity index (χ4n) is 5.95. The summed E-state index contributed by atoms with van der Waals surface area (Å²) in [6.45, 7) is 6.75. The summed E-state index contributed by atoms with van der Waals surface area (Å²) in [6.07, 6.45) is 1.66. The van der Waals surface area contributed by atoms with Crippen molar-refractivity contribution in [3.8, 4) is 0 Å². The summed E-state index contributed by atoms with van der Waals surface area (Å²) >= 11 is 0. The zero-order valence-corrected chi connectivity index (χ0v) is 20.0. The van der Waals surface area contributed by atoms with Crippen molar-refractivity contribution in [3.05, 3.63) is 65.9 Å². The summed E-state index contributed by atoms with van der Waals surface area (Å²) in [5.74, 6) is -4.86. The third-order valence-corrected chi connectivity index (χ3v) is 7.63. The topological polar surface area (TPSA) is 109 Å². The largest absolute Gasteiger partial charge is 0.480 e. The Morgan fingerprint density at radius 2 is 1.69 bits per heavy atom. The average Bonchev–Trinajstić information content (AvgIpc) is 3.44. The minimum atomic E-state index is -1.65. The van der Waals surface area contributed by atoms with Gasteiger partial charge in [0.1, 0.15) is 5.54 Å². The first kappa shape index (κ1) is 23.0. The molecule has 8 heteroatoms. The third-order valence-electron chi connectivity index (χ3n) is 7.63. The van der Waals surface area contributed by atoms with Crippen molar-refractivity contribution in [3.63, 3.8) is 0 Å². The highest BCUT2D eigenvalue weighted by atomic mass is 16.4. The number of carboxylic acid groups (broad SMARTS) is 1. The first-order valence-electron chi connectivity index (χ1n) is 11.7. The van der Waals surface area contributed by atoms with Crippen LogP contribution in [0.5, 0.6) is 0 Å². The van der Waals surface area contributed by atoms with Gasteiger partial charge in [-0.15, -0.1) is 0 Å². The van der Waals surface area contributed by atoms with Crippen LogP contribution >= 0.6 is 0 Å². The van der Waals surface area contributed by atoms with Crippen molar-refractivity contribution < 1.29 is 24.3 Å². The Morgan fingerprint density at radius 3 is 2.31 bits per heavy atom. The molecule has 2 N–H and O–H groups in total. The van der Waals surface area contributed by atoms with Gasteiger partial charge in [0.2, 0.25) is 17.7 Å². The van der Waals surface area contributed by atoms with Gasteiger partial charge >= 0.3 is 5.97 Å². The number of amides is 2. The molecule has 180 valence electrons. The smallest absolute Gasteiger partial charge is 0.325 e. The zero-order valence-electron chi connectivity index (χ0n) is 20.0. The quantitative estimate of drug-likeness (QED) is 0.561. The molecular weight excluding hydrogens is 446 g/mol. The molecule has 3 heterocycles. The van der Waals surface area contributed by atoms with Crippen LogP contribution in [0.15, 0.2) is 54.7 Å². The molecule has 0 spiro atoms. The highest BCUT2D eigenvalue weighted by molar-refractivity contribution is 6.24. The van der Waals surface area contributed by atoms with Gasteiger partial charge in [-0.25, -0.2) is 4.90 Å². The second kappa shape index (κ2) is 7.88. The highest BCUT2D eigenvalue weighted by Crippen LogP contribution is 2.53. The van der Waals surface area contributed by atoms with E-state index in [0.717, 1.165) is 15.8 Å². The fourth-order valence-corrected chi connectivity index (χ4v) is 5.95. The van der Waals surface area contributed by atoms with Crippen molar-refractivity contribution in [1.29, 1.82) is 0 Å². The summed E-state index contributed by atoms with van der Waals surface area (Å²) in [5.41, 5.74) is 0.849. The number of carbonyl (C=O) groups excluding carboxylic acids is 3. The van der Waals surface area contributed by atoms with E-state index in [0.29, 0.717) is 16.8 Å². The predicted octanol–water partition coefficient (Wildman–Crippen LogP) is 3.54. The Hall–Kier alpha value is -3.78. The molecule has 0 saturated carbocycles. The Labute approximate surface area is 202 Å². The lowest BCUT2D eigenvalue weighted by molar-refractivity contribution is -0.151. The van der Waals surface area contributed by atoms with Gasteiger partial charge < -0.3 is 5.11 Å². The van der Waals surface area contributed by atoms with Crippen LogP contribution in [-0.2, 0) is 14.4 Å². The second-order valence-electron chi connectivity index (χ2n) is 9.74. The summed E-state index contributed by atoms with van der Waals surface area (Å²) in [5, 5.41) is 14.4. The Balaban J connectivity index is 1.75. The van der Waals surface area contributed by atoms with Gasteiger partial charge in [-0.1, -0.05) is 50.2 Å². The number of imide groups is 1. The van der Waals surface area contributed by atoms with E-state index >= 15 is 0 Å². The number of fused-ring (bicyclic) bond motifs is 2. The lowest BCUT2D eigenvalue weighted by Crippen LogP contribution is -2.59. The highest BCUT2D eigenvalue weighted by Gasteiger charge is 2.70. The Morgan fingerprint density at radius 1 is 1.03 bits per heavy atom. The molecule has 0 bridgehead atoms. The molecule has 4 unspecified atom stereocenters. The van der Waals surface area contributed by atoms with Crippen LogP contribution < -0.4 is 10.2 Å². The number of benzene rings is 2. The van der Waals surface area contributed by atoms with Crippen molar-refractivity contribution in [2.45, 2.75) is 39.3 Å². The number of carboxylic acids is 1. The molecule has 35 heavy (non-hydrogen) atoms. The number of anilines is 1. The first-order chi connectivity index (χ1) is 16.6. The molecule has 0 aliphatic carbocycles. The van der Waals surface area contributed by atoms with Gasteiger partial charge in [-0.05, 0) is 36.1 Å². The number of aryl methyl sites for hydroxylation is 1. The van der Waals surface area contributed by atoms with Crippen LogP contribution in [0.25, 0.3) is 10.9 Å². The lowest BCUT2D eigenvalue weighted by atomic mass is 9.73. The molecule has 2 aromatic carbocycles. The van der Waals surface area contributed by atoms with Crippen molar-refractivity contribution in [2.24, 2.45) is 17.8 Å². The Bertz CT molecular complexity index is 1410. The number of aliphatic carboxylic acids is 1. The molecule has 2 amide bonds. The van der Waals surface area contributed by atoms with E-state index in [1.165, 1.54) is 11.5 Å². The van der Waals surface area contributed by atoms with Crippen molar-refractivity contribution in [1.82, 2.24) is 9.88 Å². The van der Waals surface area contributed by atoms with E-state index in [1.54, 1.807) is 38.2 Å². The molecule has 1 aromatic heterocycles. The minimum absolute atomic E-state index is 0.203. The molecular formula is C27H27N3O5. The number of nitrogens with one attached hydrogen (secondary N) is 1. The molecule has 4 atom stereocenters. The van der Waals surface area contributed by atoms with E-state index in [4.69, 9.17) is 0 Å². The molecule has 8 nitrogen and oxygen atoms in total. The van der Waals surface area contributed by atoms with Gasteiger partial charge in [0.25, 0.3) is 0 Å². The molecule has 2 fully saturated rings. The maximum atomic E-state index is 13.9. The van der Waals surface area contributed by atoms with E-state index in [9.17, 15) is 24.3 Å². The normalized spacial score (nSPS) is 26.1. The monoisotopic (exact) mass is 473 g/mol. The summed E-state index contributed by atoms with van der Waals surface area (Å²) in [7, 11) is 0. The first-order valence-corrected chi connectivity index (χ1v) is 11.7. The number of para-hydroxylation sites is 2. The summed E-state index contributed by atoms with van der Waals surface area (Å²) < 4.78 is 1.50. The molecule has 2 saturated heterocycles. The predicted molar refractivity (Wildman–Crippen MR) is 130 cm³/mol. The van der Waals surface area contributed by atoms with E-state index < -0.39 is 47.1 Å². The summed E-state index contributed by atoms with van der Waals surface area (Å²) in [6, 6.07) is 13.6. The zero-order chi connectivity index (χ0) is 25.2. The fraction of sp³-hybridized carbons (Fsp3) is 0.333. The maximum absolute atomic E-state index is 13.9. The van der Waals surface area contributed by atoms with Crippen LogP contribution in [0, 0.1) is 24.7 Å². The van der Waals surface area contributed by atoms with Crippen LogP contribution in [0.4, 0.5) is 5.69 Å². The standard InChI is InChI=1S/C27H27N3O5/c1-14(2)27(26(34)35)22-21(24(32)30(25(22)33)19-11-7-5-9-15(19)3)23(28-27)18-13-29(16(4)31)20-12-8-6-10-17(18)20/h5-14,21-23,28H,1-4H3,(H,34,35). The maximum Gasteiger partial charge on any atom is 0.325 e. The molecule has 2 aliphatic heterocycles. The van der Waals surface area contributed by atoms with E-state index in [-0.39, 0.29) is 5.91 Å². The SMILES string of the molecule is CC(=O)n1cc(C2NC(C(=O)O)(C(C)C)C3C(=O)N(c4ccccc4C)C(=O)C23)c2ccccc21. The van der Waals surface area contributed by atoms with Gasteiger partial charge in [-0.3, -0.25) is 29.1 Å². The van der Waals surface area contributed by atoms with Crippen molar-refractivity contribution in [2.75, 3.05) is 4.90 Å². The van der Waals surface area contributed by atoms with Gasteiger partial charge in [0.15, 0.2) is 0 Å². The second-order valence-corrected chi connectivity index (χ2v) is 9.74. The number of carbonyl (C=O) groups is 4. The number of nitrogens with zero attached hydrogens (tertiary/aromatic N) is 2. The van der Waals surface area contributed by atoms with E-state index in [1.807, 2.05) is 37.3 Å². The van der Waals surface area contributed by atoms with Gasteiger partial charge in [0.05, 0.1) is 23.0 Å². The van der Waals surface area contributed by atoms with Gasteiger partial charge in [-0.2, -0.15) is 0 Å². The minimum Gasteiger partial charge on any atom is -0.480 e. The number of hydrogen-bond donors (Lipinski definition) is 2. The van der Waals surface area contributed by atoms with Crippen LogP contribution in [0.3, 0.4) is 0 Å². The lowest BCUT2D eigenvalue weighted by Gasteiger charge is -2.34. The number of aromatic nitrogens is 1. The third kappa shape index (κ3) is 3.02. The van der Waals surface area contributed by atoms with Crippen LogP contribution in [0.2, 0.25) is 0 Å². The average molecular weight is 474 g/mol. The molecule has 5 rings (SSSR count). The van der Waals surface area contributed by atoms with Crippen LogP contribution in [0.1, 0.15) is 42.7 Å². The number of rotatable bonds is 4. The van der Waals surface area contributed by atoms with Crippen LogP contribution in [-0.4, -0.2) is 38.9 Å². The van der Waals surface area contributed by atoms with E-state index in [2.05, 4.69) is 5.32 Å². The molecule has 3 aromatic rings. The molecule has 0 radical (unpaired) electrons. The molecule has 2 aliphatic rings. The van der Waals surface area contributed by atoms with Gasteiger partial charge in [0, 0.05) is 24.5 Å². The van der Waals surface area contributed by atoms with Crippen molar-refractivity contribution >= 4 is 40.3 Å². The Kier molecular flexibility index (Phi) is 5.18. The summed E-state index contributed by atoms with van der Waals surface area (Å²) in [4.78, 5) is 54.2. The number of hydrogen-bond acceptors (Lipinski definition) is 5.